The van der Waals surface area contributed by atoms with Crippen LogP contribution in [0, 0.1) is 23.7 Å². The second-order valence-electron chi connectivity index (χ2n) is 16.5. The first-order chi connectivity index (χ1) is 27.5. The van der Waals surface area contributed by atoms with Gasteiger partial charge in [0.15, 0.2) is 11.6 Å². The van der Waals surface area contributed by atoms with Crippen LogP contribution in [-0.2, 0) is 44.9 Å². The smallest absolute Gasteiger partial charge is 0.244 e. The van der Waals surface area contributed by atoms with E-state index in [1.54, 1.807) is 35.2 Å². The number of benzene rings is 2. The third-order valence-corrected chi connectivity index (χ3v) is 12.3. The van der Waals surface area contributed by atoms with E-state index in [1.165, 1.54) is 0 Å². The topological polar surface area (TPSA) is 170 Å². The Hall–Kier alpha value is -4.51. The lowest BCUT2D eigenvalue weighted by molar-refractivity contribution is -0.146. The quantitative estimate of drug-likeness (QED) is 0.127. The molecule has 0 spiro atoms. The maximum Gasteiger partial charge on any atom is 0.244 e. The van der Waals surface area contributed by atoms with Crippen LogP contribution in [0.5, 0.6) is 0 Å². The zero-order valence-corrected chi connectivity index (χ0v) is 33.5. The van der Waals surface area contributed by atoms with Crippen LogP contribution in [0.25, 0.3) is 0 Å². The number of nitrogens with one attached hydrogen (secondary N) is 1. The van der Waals surface area contributed by atoms with Gasteiger partial charge < -0.3 is 20.7 Å². The van der Waals surface area contributed by atoms with Gasteiger partial charge >= 0.3 is 0 Å². The molecule has 0 bridgehead atoms. The minimum atomic E-state index is -1.09. The van der Waals surface area contributed by atoms with Crippen molar-refractivity contribution in [2.24, 2.45) is 29.4 Å². The number of carbonyl (C=O) groups is 7. The first kappa shape index (κ1) is 43.6. The first-order valence-corrected chi connectivity index (χ1v) is 21.2. The molecule has 1 heterocycles. The van der Waals surface area contributed by atoms with Crippen LogP contribution >= 0.6 is 0 Å². The molecule has 3 aliphatic rings. The second kappa shape index (κ2) is 21.9. The Morgan fingerprint density at radius 1 is 0.825 bits per heavy atom. The molecule has 0 aromatic heterocycles. The normalized spacial score (nSPS) is 20.4. The lowest BCUT2D eigenvalue weighted by atomic mass is 9.76. The Kier molecular flexibility index (Phi) is 16.7. The first-order valence-electron chi connectivity index (χ1n) is 21.2. The number of ether oxygens (including phenoxy) is 1. The molecule has 2 unspecified atom stereocenters. The highest BCUT2D eigenvalue weighted by atomic mass is 16.5. The summed E-state index contributed by atoms with van der Waals surface area (Å²) < 4.78 is 6.31. The van der Waals surface area contributed by atoms with E-state index in [9.17, 15) is 33.6 Å². The van der Waals surface area contributed by atoms with Crippen molar-refractivity contribution in [2.75, 3.05) is 6.54 Å². The fourth-order valence-corrected chi connectivity index (χ4v) is 9.15. The number of likely N-dealkylation sites (tertiary alicyclic amines) is 1. The molecule has 3 amide bonds. The molecule has 5 rings (SSSR count). The van der Waals surface area contributed by atoms with E-state index < -0.39 is 53.4 Å². The van der Waals surface area contributed by atoms with Crippen LogP contribution in [-0.4, -0.2) is 64.4 Å². The molecule has 1 aliphatic heterocycles. The Bertz CT molecular complexity index is 1690. The van der Waals surface area contributed by atoms with Crippen molar-refractivity contribution >= 4 is 40.9 Å². The summed E-state index contributed by atoms with van der Waals surface area (Å²) in [5.41, 5.74) is 6.99. The van der Waals surface area contributed by atoms with Gasteiger partial charge in [0.2, 0.25) is 23.5 Å². The molecular formula is C46H61N3O8. The highest BCUT2D eigenvalue weighted by Crippen LogP contribution is 2.37. The van der Waals surface area contributed by atoms with Crippen molar-refractivity contribution in [3.05, 3.63) is 71.8 Å². The van der Waals surface area contributed by atoms with Crippen molar-refractivity contribution in [3.63, 3.8) is 0 Å². The summed E-state index contributed by atoms with van der Waals surface area (Å²) in [4.78, 5) is 96.0. The fraction of sp³-hybridized carbons (Fsp3) is 0.587. The second-order valence-corrected chi connectivity index (χ2v) is 16.5. The Balaban J connectivity index is 1.28. The Morgan fingerprint density at radius 3 is 2.12 bits per heavy atom. The van der Waals surface area contributed by atoms with E-state index in [-0.39, 0.29) is 68.5 Å². The number of nitrogens with zero attached hydrogens (tertiary/aromatic N) is 1. The summed E-state index contributed by atoms with van der Waals surface area (Å²) in [5, 5.41) is 2.55. The molecule has 3 N–H and O–H groups in total. The van der Waals surface area contributed by atoms with Gasteiger partial charge in [0, 0.05) is 56.9 Å². The number of nitrogens with two attached hydrogens (primary N) is 1. The van der Waals surface area contributed by atoms with E-state index >= 15 is 0 Å². The van der Waals surface area contributed by atoms with Gasteiger partial charge in [0.05, 0.1) is 18.8 Å². The lowest BCUT2D eigenvalue weighted by Gasteiger charge is -2.34. The molecular weight excluding hydrogens is 723 g/mol. The largest absolute Gasteiger partial charge is 0.372 e. The third kappa shape index (κ3) is 12.7. The van der Waals surface area contributed by atoms with Crippen LogP contribution in [0.2, 0.25) is 0 Å². The van der Waals surface area contributed by atoms with Crippen LogP contribution in [0.1, 0.15) is 133 Å². The number of primary amides is 1. The molecule has 2 saturated carbocycles. The summed E-state index contributed by atoms with van der Waals surface area (Å²) in [6.45, 7) is 2.38. The summed E-state index contributed by atoms with van der Waals surface area (Å²) in [5.74, 6) is -4.22. The predicted molar refractivity (Wildman–Crippen MR) is 215 cm³/mol. The molecule has 3 fully saturated rings. The summed E-state index contributed by atoms with van der Waals surface area (Å²) in [7, 11) is 0. The van der Waals surface area contributed by atoms with Gasteiger partial charge in [-0.2, -0.15) is 0 Å². The molecule has 5 atom stereocenters. The van der Waals surface area contributed by atoms with Gasteiger partial charge in [-0.05, 0) is 42.2 Å². The van der Waals surface area contributed by atoms with Crippen molar-refractivity contribution in [2.45, 2.75) is 141 Å². The van der Waals surface area contributed by atoms with Gasteiger partial charge in [-0.3, -0.25) is 33.6 Å². The van der Waals surface area contributed by atoms with Crippen LogP contribution in [0.3, 0.4) is 0 Å². The summed E-state index contributed by atoms with van der Waals surface area (Å²) in [6.07, 6.45) is 9.62. The summed E-state index contributed by atoms with van der Waals surface area (Å²) in [6, 6.07) is 16.2. The molecule has 2 aliphatic carbocycles. The number of carbonyl (C=O) groups excluding carboxylic acids is 7. The molecule has 1 saturated heterocycles. The van der Waals surface area contributed by atoms with E-state index in [1.807, 2.05) is 37.3 Å². The lowest BCUT2D eigenvalue weighted by Crippen LogP contribution is -2.47. The highest BCUT2D eigenvalue weighted by Gasteiger charge is 2.45. The number of hydrogen-bond acceptors (Lipinski definition) is 8. The van der Waals surface area contributed by atoms with Gasteiger partial charge in [-0.15, -0.1) is 0 Å². The minimum absolute atomic E-state index is 0.0639. The predicted octanol–water partition coefficient (Wildman–Crippen LogP) is 6.55. The standard InChI is InChI=1S/C46H61N3O8/c1-2-14-35(44(54)40(51)23-24-42(53)48-43(45(47)55)34-21-10-5-11-22-34)26-41(52)39-28-37(57-30-32-17-6-3-7-18-32)29-49(39)46(56)38(33-19-8-4-9-20-33)27-36(50)25-31-15-12-13-16-31/h3,5-7,10-11,17-18,21-22,31,33,35,37-39,43H,2,4,8-9,12-16,19-20,23-30H2,1H3,(H2,47,55)(H,48,53)/t35?,37-,38?,39+,43-/m1/s1. The molecule has 11 heteroatoms. The van der Waals surface area contributed by atoms with Crippen molar-refractivity contribution in [1.82, 2.24) is 10.2 Å². The molecule has 11 nitrogen and oxygen atoms in total. The molecule has 2 aromatic carbocycles. The van der Waals surface area contributed by atoms with E-state index in [0.717, 1.165) is 63.4 Å². The fourth-order valence-electron chi connectivity index (χ4n) is 9.15. The highest BCUT2D eigenvalue weighted by molar-refractivity contribution is 6.38. The molecule has 308 valence electrons. The zero-order chi connectivity index (χ0) is 40.7. The average Bonchev–Trinajstić information content (AvgIpc) is 3.91. The Labute approximate surface area is 337 Å². The molecule has 2 aromatic rings. The number of amides is 3. The SMILES string of the molecule is CCCC(CC(=O)[C@@H]1C[C@@H](OCc2ccccc2)CN1C(=O)C(CC(=O)CC1CCCC1)C1CCCCC1)C(=O)C(=O)CCC(=O)N[C@@H](C(N)=O)c1ccccc1. The van der Waals surface area contributed by atoms with Gasteiger partial charge in [-0.1, -0.05) is 119 Å². The number of rotatable bonds is 22. The van der Waals surface area contributed by atoms with E-state index in [2.05, 4.69) is 5.32 Å². The number of ketones is 4. The maximum absolute atomic E-state index is 14.7. The number of Topliss-reactive ketones (excluding diaryl/α,β-unsaturated/α-hetero) is 4. The van der Waals surface area contributed by atoms with Crippen LogP contribution in [0.15, 0.2) is 60.7 Å². The van der Waals surface area contributed by atoms with Gasteiger partial charge in [0.1, 0.15) is 11.8 Å². The van der Waals surface area contributed by atoms with E-state index in [4.69, 9.17) is 10.5 Å². The molecule has 0 radical (unpaired) electrons. The van der Waals surface area contributed by atoms with Crippen LogP contribution in [0.4, 0.5) is 0 Å². The third-order valence-electron chi connectivity index (χ3n) is 12.3. The summed E-state index contributed by atoms with van der Waals surface area (Å²) >= 11 is 0. The van der Waals surface area contributed by atoms with E-state index in [0.29, 0.717) is 30.9 Å². The minimum Gasteiger partial charge on any atom is -0.372 e. The maximum atomic E-state index is 14.7. The monoisotopic (exact) mass is 783 g/mol. The van der Waals surface area contributed by atoms with Crippen LogP contribution < -0.4 is 11.1 Å². The number of hydrogen-bond donors (Lipinski definition) is 2. The van der Waals surface area contributed by atoms with Gasteiger partial charge in [0.25, 0.3) is 0 Å². The zero-order valence-electron chi connectivity index (χ0n) is 33.5. The van der Waals surface area contributed by atoms with Crippen molar-refractivity contribution < 1.29 is 38.3 Å². The molecule has 57 heavy (non-hydrogen) atoms. The Morgan fingerprint density at radius 2 is 1.47 bits per heavy atom. The van der Waals surface area contributed by atoms with Gasteiger partial charge in [-0.25, -0.2) is 0 Å². The van der Waals surface area contributed by atoms with Crippen molar-refractivity contribution in [1.29, 1.82) is 0 Å². The average molecular weight is 784 g/mol. The van der Waals surface area contributed by atoms with Crippen molar-refractivity contribution in [3.8, 4) is 0 Å².